The van der Waals surface area contributed by atoms with Crippen LogP contribution in [0, 0.1) is 0 Å². The predicted molar refractivity (Wildman–Crippen MR) is 88.0 cm³/mol. The Morgan fingerprint density at radius 3 is 2.14 bits per heavy atom. The van der Waals surface area contributed by atoms with Crippen molar-refractivity contribution in [3.8, 4) is 22.6 Å². The van der Waals surface area contributed by atoms with Gasteiger partial charge in [-0.1, -0.05) is 30.3 Å². The molecular weight excluding hydrogens is 260 g/mol. The smallest absolute Gasteiger partial charge is 0.128 e. The quantitative estimate of drug-likeness (QED) is 0.756. The maximum absolute atomic E-state index is 6.09. The average Bonchev–Trinajstić information content (AvgIpc) is 2.39. The third kappa shape index (κ3) is 4.52. The summed E-state index contributed by atoms with van der Waals surface area (Å²) in [5.74, 6) is 1.75. The van der Waals surface area contributed by atoms with E-state index in [1.807, 2.05) is 44.2 Å². The van der Waals surface area contributed by atoms with Gasteiger partial charge in [0.05, 0.1) is 6.10 Å². The summed E-state index contributed by atoms with van der Waals surface area (Å²) in [5, 5.41) is 0. The highest BCUT2D eigenvalue weighted by Crippen LogP contribution is 2.35. The van der Waals surface area contributed by atoms with Gasteiger partial charge in [-0.3, -0.25) is 0 Å². The molecule has 0 fully saturated rings. The van der Waals surface area contributed by atoms with E-state index in [9.17, 15) is 0 Å². The molecular formula is C19H24O2. The summed E-state index contributed by atoms with van der Waals surface area (Å²) in [6, 6.07) is 16.3. The van der Waals surface area contributed by atoms with E-state index in [0.29, 0.717) is 0 Å². The molecule has 0 aliphatic heterocycles. The van der Waals surface area contributed by atoms with E-state index in [0.717, 1.165) is 22.6 Å². The van der Waals surface area contributed by atoms with Gasteiger partial charge < -0.3 is 9.47 Å². The molecule has 112 valence electrons. The lowest BCUT2D eigenvalue weighted by atomic mass is 10.0. The van der Waals surface area contributed by atoms with E-state index in [2.05, 4.69) is 39.0 Å². The van der Waals surface area contributed by atoms with Crippen LogP contribution < -0.4 is 9.47 Å². The average molecular weight is 284 g/mol. The highest BCUT2D eigenvalue weighted by atomic mass is 16.5. The first kappa shape index (κ1) is 15.4. The first-order valence-electron chi connectivity index (χ1n) is 7.40. The molecule has 0 bridgehead atoms. The summed E-state index contributed by atoms with van der Waals surface area (Å²) in [6.07, 6.45) is 0.156. The number of hydrogen-bond acceptors (Lipinski definition) is 2. The van der Waals surface area contributed by atoms with Crippen molar-refractivity contribution in [2.45, 2.75) is 46.3 Å². The number of rotatable bonds is 4. The van der Waals surface area contributed by atoms with Crippen molar-refractivity contribution in [2.24, 2.45) is 0 Å². The number of hydrogen-bond donors (Lipinski definition) is 0. The molecule has 0 spiro atoms. The van der Waals surface area contributed by atoms with Crippen LogP contribution in [-0.4, -0.2) is 11.7 Å². The van der Waals surface area contributed by atoms with Gasteiger partial charge in [0, 0.05) is 5.56 Å². The Morgan fingerprint density at radius 2 is 1.57 bits per heavy atom. The van der Waals surface area contributed by atoms with Crippen LogP contribution in [0.5, 0.6) is 11.5 Å². The Bertz CT molecular complexity index is 580. The highest BCUT2D eigenvalue weighted by molar-refractivity contribution is 5.72. The Morgan fingerprint density at radius 1 is 0.905 bits per heavy atom. The van der Waals surface area contributed by atoms with Crippen molar-refractivity contribution in [2.75, 3.05) is 0 Å². The normalized spacial score (nSPS) is 11.5. The largest absolute Gasteiger partial charge is 0.491 e. The minimum Gasteiger partial charge on any atom is -0.491 e. The molecule has 0 heterocycles. The molecule has 2 rings (SSSR count). The minimum absolute atomic E-state index is 0.156. The molecule has 0 N–H and O–H groups in total. The lowest BCUT2D eigenvalue weighted by Gasteiger charge is -2.24. The number of benzene rings is 2. The number of ether oxygens (including phenoxy) is 2. The van der Waals surface area contributed by atoms with Gasteiger partial charge in [-0.05, 0) is 58.4 Å². The second-order valence-electron chi connectivity index (χ2n) is 6.41. The molecule has 0 aliphatic rings. The van der Waals surface area contributed by atoms with Crippen molar-refractivity contribution < 1.29 is 9.47 Å². The van der Waals surface area contributed by atoms with Crippen molar-refractivity contribution in [1.82, 2.24) is 0 Å². The van der Waals surface area contributed by atoms with Crippen LogP contribution in [0.1, 0.15) is 34.6 Å². The molecule has 21 heavy (non-hydrogen) atoms. The van der Waals surface area contributed by atoms with E-state index in [1.165, 1.54) is 0 Å². The fourth-order valence-corrected chi connectivity index (χ4v) is 2.12. The summed E-state index contributed by atoms with van der Waals surface area (Å²) >= 11 is 0. The Balaban J connectivity index is 2.45. The van der Waals surface area contributed by atoms with Gasteiger partial charge in [0.2, 0.25) is 0 Å². The molecule has 0 saturated heterocycles. The first-order valence-corrected chi connectivity index (χ1v) is 7.40. The van der Waals surface area contributed by atoms with Gasteiger partial charge in [-0.2, -0.15) is 0 Å². The van der Waals surface area contributed by atoms with Crippen molar-refractivity contribution in [1.29, 1.82) is 0 Å². The maximum Gasteiger partial charge on any atom is 0.128 e. The molecule has 0 radical (unpaired) electrons. The van der Waals surface area contributed by atoms with E-state index in [-0.39, 0.29) is 11.7 Å². The van der Waals surface area contributed by atoms with Crippen LogP contribution in [0.15, 0.2) is 48.5 Å². The van der Waals surface area contributed by atoms with Crippen LogP contribution in [0.4, 0.5) is 0 Å². The van der Waals surface area contributed by atoms with Gasteiger partial charge in [-0.25, -0.2) is 0 Å². The third-order valence-electron chi connectivity index (χ3n) is 2.82. The molecule has 0 aromatic heterocycles. The molecule has 2 aromatic carbocycles. The summed E-state index contributed by atoms with van der Waals surface area (Å²) in [5.41, 5.74) is 1.96. The van der Waals surface area contributed by atoms with Crippen molar-refractivity contribution >= 4 is 0 Å². The molecule has 2 aromatic rings. The van der Waals surface area contributed by atoms with Crippen LogP contribution in [-0.2, 0) is 0 Å². The summed E-state index contributed by atoms with van der Waals surface area (Å²) < 4.78 is 11.9. The lowest BCUT2D eigenvalue weighted by Crippen LogP contribution is -2.23. The van der Waals surface area contributed by atoms with E-state index < -0.39 is 0 Å². The first-order chi connectivity index (χ1) is 9.85. The highest BCUT2D eigenvalue weighted by Gasteiger charge is 2.16. The Kier molecular flexibility index (Phi) is 4.56. The van der Waals surface area contributed by atoms with Gasteiger partial charge in [0.1, 0.15) is 17.1 Å². The van der Waals surface area contributed by atoms with Crippen LogP contribution in [0.2, 0.25) is 0 Å². The fourth-order valence-electron chi connectivity index (χ4n) is 2.12. The molecule has 0 amide bonds. The van der Waals surface area contributed by atoms with Crippen LogP contribution in [0.25, 0.3) is 11.1 Å². The summed E-state index contributed by atoms with van der Waals surface area (Å²) in [7, 11) is 0. The van der Waals surface area contributed by atoms with Crippen molar-refractivity contribution in [3.05, 3.63) is 48.5 Å². The molecule has 2 heteroatoms. The van der Waals surface area contributed by atoms with Crippen LogP contribution in [0.3, 0.4) is 0 Å². The zero-order valence-corrected chi connectivity index (χ0v) is 13.5. The molecule has 2 nitrogen and oxygen atoms in total. The van der Waals surface area contributed by atoms with Crippen molar-refractivity contribution in [3.63, 3.8) is 0 Å². The Hall–Kier alpha value is -1.96. The second-order valence-corrected chi connectivity index (χ2v) is 6.41. The second kappa shape index (κ2) is 6.21. The molecule has 0 atom stereocenters. The zero-order chi connectivity index (χ0) is 15.5. The zero-order valence-electron chi connectivity index (χ0n) is 13.5. The van der Waals surface area contributed by atoms with E-state index in [4.69, 9.17) is 9.47 Å². The summed E-state index contributed by atoms with van der Waals surface area (Å²) in [4.78, 5) is 0. The van der Waals surface area contributed by atoms with Gasteiger partial charge in [-0.15, -0.1) is 0 Å². The van der Waals surface area contributed by atoms with E-state index in [1.54, 1.807) is 0 Å². The minimum atomic E-state index is -0.232. The van der Waals surface area contributed by atoms with E-state index >= 15 is 0 Å². The third-order valence-corrected chi connectivity index (χ3v) is 2.82. The topological polar surface area (TPSA) is 18.5 Å². The summed E-state index contributed by atoms with van der Waals surface area (Å²) in [6.45, 7) is 10.2. The lowest BCUT2D eigenvalue weighted by molar-refractivity contribution is 0.131. The van der Waals surface area contributed by atoms with Gasteiger partial charge in [0.15, 0.2) is 0 Å². The molecule has 0 unspecified atom stereocenters. The van der Waals surface area contributed by atoms with Gasteiger partial charge >= 0.3 is 0 Å². The van der Waals surface area contributed by atoms with Crippen LogP contribution >= 0.6 is 0 Å². The maximum atomic E-state index is 6.09. The predicted octanol–water partition coefficient (Wildman–Crippen LogP) is 5.32. The molecule has 0 saturated carbocycles. The Labute approximate surface area is 127 Å². The standard InChI is InChI=1S/C19H24O2/c1-14(2)20-16-11-12-18(21-19(3,4)5)17(13-16)15-9-7-6-8-10-15/h6-14H,1-5H3. The molecule has 0 aliphatic carbocycles. The SMILES string of the molecule is CC(C)Oc1ccc(OC(C)(C)C)c(-c2ccccc2)c1. The van der Waals surface area contributed by atoms with Gasteiger partial charge in [0.25, 0.3) is 0 Å². The fraction of sp³-hybridized carbons (Fsp3) is 0.368. The monoisotopic (exact) mass is 284 g/mol.